The van der Waals surface area contributed by atoms with Crippen LogP contribution in [0.25, 0.3) is 0 Å². The Hall–Kier alpha value is -1.65. The van der Waals surface area contributed by atoms with Gasteiger partial charge in [-0.1, -0.05) is 26.7 Å². The molecule has 5 heteroatoms. The summed E-state index contributed by atoms with van der Waals surface area (Å²) in [6, 6.07) is 1.64. The summed E-state index contributed by atoms with van der Waals surface area (Å²) in [5.74, 6) is 0.713. The zero-order chi connectivity index (χ0) is 12.7. The van der Waals surface area contributed by atoms with Crippen LogP contribution in [0.3, 0.4) is 0 Å². The van der Waals surface area contributed by atoms with Gasteiger partial charge in [0.05, 0.1) is 4.92 Å². The lowest BCUT2D eigenvalue weighted by Gasteiger charge is -2.07. The molecular weight excluding hydrogens is 218 g/mol. The predicted octanol–water partition coefficient (Wildman–Crippen LogP) is 3.23. The van der Waals surface area contributed by atoms with Crippen molar-refractivity contribution in [3.8, 4) is 0 Å². The molecule has 0 spiro atoms. The Labute approximate surface area is 101 Å². The number of nitrogens with one attached hydrogen (secondary N) is 1. The second-order valence-corrected chi connectivity index (χ2v) is 4.47. The summed E-state index contributed by atoms with van der Waals surface area (Å²) in [5, 5.41) is 13.8. The zero-order valence-corrected chi connectivity index (χ0v) is 10.3. The van der Waals surface area contributed by atoms with Crippen LogP contribution in [0.15, 0.2) is 18.5 Å². The van der Waals surface area contributed by atoms with Gasteiger partial charge >= 0.3 is 5.69 Å². The first kappa shape index (κ1) is 13.4. The number of nitro groups is 1. The highest BCUT2D eigenvalue weighted by Gasteiger charge is 2.11. The molecule has 0 unspecified atom stereocenters. The fourth-order valence-corrected chi connectivity index (χ4v) is 1.58. The van der Waals surface area contributed by atoms with Crippen LogP contribution >= 0.6 is 0 Å². The number of hydrogen-bond acceptors (Lipinski definition) is 4. The summed E-state index contributed by atoms with van der Waals surface area (Å²) < 4.78 is 0. The SMILES string of the molecule is CC(C)CCCCNc1ccncc1[N+](=O)[O-]. The van der Waals surface area contributed by atoms with Gasteiger partial charge in [-0.25, -0.2) is 0 Å². The third-order valence-corrected chi connectivity index (χ3v) is 2.52. The maximum atomic E-state index is 10.7. The molecule has 1 N–H and O–H groups in total. The molecule has 0 bridgehead atoms. The minimum atomic E-state index is -0.413. The first-order valence-electron chi connectivity index (χ1n) is 5.93. The van der Waals surface area contributed by atoms with Crippen molar-refractivity contribution in [1.29, 1.82) is 0 Å². The summed E-state index contributed by atoms with van der Waals surface area (Å²) in [4.78, 5) is 14.1. The average Bonchev–Trinajstić information content (AvgIpc) is 2.28. The van der Waals surface area contributed by atoms with Crippen molar-refractivity contribution in [3.05, 3.63) is 28.6 Å². The van der Waals surface area contributed by atoms with Gasteiger partial charge in [-0.05, 0) is 18.4 Å². The summed E-state index contributed by atoms with van der Waals surface area (Å²) in [7, 11) is 0. The average molecular weight is 237 g/mol. The highest BCUT2D eigenvalue weighted by Crippen LogP contribution is 2.21. The van der Waals surface area contributed by atoms with Crippen LogP contribution in [0.1, 0.15) is 33.1 Å². The van der Waals surface area contributed by atoms with E-state index in [1.807, 2.05) is 0 Å². The van der Waals surface area contributed by atoms with Gasteiger partial charge in [0.1, 0.15) is 11.9 Å². The van der Waals surface area contributed by atoms with E-state index in [9.17, 15) is 10.1 Å². The van der Waals surface area contributed by atoms with Crippen molar-refractivity contribution in [2.75, 3.05) is 11.9 Å². The maximum Gasteiger partial charge on any atom is 0.310 e. The summed E-state index contributed by atoms with van der Waals surface area (Å²) in [6.07, 6.45) is 6.20. The first-order valence-corrected chi connectivity index (χ1v) is 5.93. The molecule has 1 aromatic rings. The van der Waals surface area contributed by atoms with Crippen LogP contribution in [0, 0.1) is 16.0 Å². The van der Waals surface area contributed by atoms with E-state index >= 15 is 0 Å². The van der Waals surface area contributed by atoms with Gasteiger partial charge in [0, 0.05) is 12.7 Å². The zero-order valence-electron chi connectivity index (χ0n) is 10.3. The quantitative estimate of drug-likeness (QED) is 0.449. The Morgan fingerprint density at radius 2 is 2.24 bits per heavy atom. The Morgan fingerprint density at radius 1 is 1.47 bits per heavy atom. The van der Waals surface area contributed by atoms with E-state index in [0.717, 1.165) is 19.4 Å². The molecule has 0 radical (unpaired) electrons. The second-order valence-electron chi connectivity index (χ2n) is 4.47. The largest absolute Gasteiger partial charge is 0.379 e. The molecule has 0 aromatic carbocycles. The normalized spacial score (nSPS) is 10.5. The monoisotopic (exact) mass is 237 g/mol. The van der Waals surface area contributed by atoms with E-state index in [0.29, 0.717) is 11.6 Å². The highest BCUT2D eigenvalue weighted by atomic mass is 16.6. The van der Waals surface area contributed by atoms with Crippen LogP contribution in [0.2, 0.25) is 0 Å². The number of unbranched alkanes of at least 4 members (excludes halogenated alkanes) is 1. The molecule has 1 aromatic heterocycles. The molecular formula is C12H19N3O2. The Bertz CT molecular complexity index is 367. The van der Waals surface area contributed by atoms with E-state index in [2.05, 4.69) is 24.1 Å². The fraction of sp³-hybridized carbons (Fsp3) is 0.583. The van der Waals surface area contributed by atoms with Crippen molar-refractivity contribution < 1.29 is 4.92 Å². The summed E-state index contributed by atoms with van der Waals surface area (Å²) >= 11 is 0. The topological polar surface area (TPSA) is 68.1 Å². The molecule has 0 fully saturated rings. The molecule has 0 aliphatic heterocycles. The van der Waals surface area contributed by atoms with Gasteiger partial charge in [0.2, 0.25) is 0 Å². The number of pyridine rings is 1. The third kappa shape index (κ3) is 4.80. The molecule has 5 nitrogen and oxygen atoms in total. The number of rotatable bonds is 7. The van der Waals surface area contributed by atoms with Crippen LogP contribution in [0.4, 0.5) is 11.4 Å². The Kier molecular flexibility index (Phi) is 5.39. The van der Waals surface area contributed by atoms with Gasteiger partial charge in [-0.15, -0.1) is 0 Å². The van der Waals surface area contributed by atoms with E-state index in [1.165, 1.54) is 12.6 Å². The van der Waals surface area contributed by atoms with E-state index in [-0.39, 0.29) is 5.69 Å². The fourth-order valence-electron chi connectivity index (χ4n) is 1.58. The first-order chi connectivity index (χ1) is 8.11. The number of nitrogens with zero attached hydrogens (tertiary/aromatic N) is 2. The second kappa shape index (κ2) is 6.83. The molecule has 0 aliphatic rings. The van der Waals surface area contributed by atoms with E-state index < -0.39 is 4.92 Å². The van der Waals surface area contributed by atoms with Gasteiger partial charge in [0.15, 0.2) is 0 Å². The van der Waals surface area contributed by atoms with Gasteiger partial charge in [-0.3, -0.25) is 15.1 Å². The van der Waals surface area contributed by atoms with E-state index in [1.54, 1.807) is 12.3 Å². The summed E-state index contributed by atoms with van der Waals surface area (Å²) in [5.41, 5.74) is 0.589. The molecule has 1 rings (SSSR count). The van der Waals surface area contributed by atoms with Crippen molar-refractivity contribution >= 4 is 11.4 Å². The highest BCUT2D eigenvalue weighted by molar-refractivity contribution is 5.59. The van der Waals surface area contributed by atoms with Crippen molar-refractivity contribution in [3.63, 3.8) is 0 Å². The van der Waals surface area contributed by atoms with Crippen LogP contribution in [-0.2, 0) is 0 Å². The standard InChI is InChI=1S/C12H19N3O2/c1-10(2)5-3-4-7-14-11-6-8-13-9-12(11)15(16)17/h6,8-10H,3-5,7H2,1-2H3,(H,13,14). The molecule has 0 atom stereocenters. The van der Waals surface area contributed by atoms with Gasteiger partial charge in [-0.2, -0.15) is 0 Å². The molecule has 1 heterocycles. The Morgan fingerprint density at radius 3 is 2.88 bits per heavy atom. The lowest BCUT2D eigenvalue weighted by atomic mass is 10.1. The Balaban J connectivity index is 2.39. The molecule has 94 valence electrons. The number of hydrogen-bond donors (Lipinski definition) is 1. The van der Waals surface area contributed by atoms with Gasteiger partial charge < -0.3 is 5.32 Å². The molecule has 0 saturated carbocycles. The predicted molar refractivity (Wildman–Crippen MR) is 68.1 cm³/mol. The lowest BCUT2D eigenvalue weighted by molar-refractivity contribution is -0.384. The van der Waals surface area contributed by atoms with Crippen LogP contribution in [0.5, 0.6) is 0 Å². The third-order valence-electron chi connectivity index (χ3n) is 2.52. The number of anilines is 1. The summed E-state index contributed by atoms with van der Waals surface area (Å²) in [6.45, 7) is 5.15. The molecule has 0 amide bonds. The minimum absolute atomic E-state index is 0.0383. The van der Waals surface area contributed by atoms with Crippen molar-refractivity contribution in [2.45, 2.75) is 33.1 Å². The van der Waals surface area contributed by atoms with E-state index in [4.69, 9.17) is 0 Å². The maximum absolute atomic E-state index is 10.7. The minimum Gasteiger partial charge on any atom is -0.379 e. The number of aromatic nitrogens is 1. The van der Waals surface area contributed by atoms with Gasteiger partial charge in [0.25, 0.3) is 0 Å². The van der Waals surface area contributed by atoms with Crippen LogP contribution < -0.4 is 5.32 Å². The van der Waals surface area contributed by atoms with Crippen LogP contribution in [-0.4, -0.2) is 16.5 Å². The lowest BCUT2D eigenvalue weighted by Crippen LogP contribution is -2.05. The van der Waals surface area contributed by atoms with Crippen molar-refractivity contribution in [1.82, 2.24) is 4.98 Å². The molecule has 17 heavy (non-hydrogen) atoms. The van der Waals surface area contributed by atoms with Crippen molar-refractivity contribution in [2.24, 2.45) is 5.92 Å². The molecule has 0 aliphatic carbocycles. The molecule has 0 saturated heterocycles. The smallest absolute Gasteiger partial charge is 0.310 e.